The summed E-state index contributed by atoms with van der Waals surface area (Å²) < 4.78 is 0. The smallest absolute Gasteiger partial charge is 0.318 e. The fourth-order valence-electron chi connectivity index (χ4n) is 2.94. The zero-order valence-corrected chi connectivity index (χ0v) is 13.9. The fraction of sp³-hybridized carbons (Fsp3) is 0.438. The molecule has 2 saturated heterocycles. The highest BCUT2D eigenvalue weighted by atomic mass is 35.5. The Balaban J connectivity index is 1.61. The number of nitrogens with one attached hydrogen (secondary N) is 2. The molecule has 0 saturated carbocycles. The van der Waals surface area contributed by atoms with Crippen LogP contribution in [0.25, 0.3) is 0 Å². The van der Waals surface area contributed by atoms with Gasteiger partial charge in [-0.15, -0.1) is 0 Å². The molecule has 2 N–H and O–H groups in total. The molecule has 0 aliphatic carbocycles. The highest BCUT2D eigenvalue weighted by Gasteiger charge is 2.33. The van der Waals surface area contributed by atoms with Gasteiger partial charge in [-0.05, 0) is 24.6 Å². The standard InChI is InChI=1S/C16H19ClN4O3/c17-11-3-1-4-13(7-11)21-9-12(8-15(21)23)19-16(24)20-6-2-5-18-14(22)10-20/h1,3-4,7,12H,2,5-6,8-10H2,(H,18,22)(H,19,24)/t12-/m1/s1. The first-order valence-corrected chi connectivity index (χ1v) is 8.29. The van der Waals surface area contributed by atoms with Crippen LogP contribution in [0.4, 0.5) is 10.5 Å². The van der Waals surface area contributed by atoms with Crippen molar-refractivity contribution in [3.63, 3.8) is 0 Å². The van der Waals surface area contributed by atoms with Crippen molar-refractivity contribution < 1.29 is 14.4 Å². The van der Waals surface area contributed by atoms with Gasteiger partial charge >= 0.3 is 6.03 Å². The second-order valence-corrected chi connectivity index (χ2v) is 6.40. The monoisotopic (exact) mass is 350 g/mol. The van der Waals surface area contributed by atoms with Crippen LogP contribution in [0.3, 0.4) is 0 Å². The summed E-state index contributed by atoms with van der Waals surface area (Å²) in [4.78, 5) is 39.2. The van der Waals surface area contributed by atoms with Crippen LogP contribution in [0.1, 0.15) is 12.8 Å². The summed E-state index contributed by atoms with van der Waals surface area (Å²) in [6, 6.07) is 6.48. The van der Waals surface area contributed by atoms with Crippen LogP contribution in [0.15, 0.2) is 24.3 Å². The molecule has 128 valence electrons. The van der Waals surface area contributed by atoms with Crippen LogP contribution in [0, 0.1) is 0 Å². The van der Waals surface area contributed by atoms with Gasteiger partial charge in [-0.25, -0.2) is 4.79 Å². The molecular formula is C16H19ClN4O3. The van der Waals surface area contributed by atoms with E-state index in [1.165, 1.54) is 4.90 Å². The van der Waals surface area contributed by atoms with Crippen molar-refractivity contribution in [1.29, 1.82) is 0 Å². The molecule has 24 heavy (non-hydrogen) atoms. The Labute approximate surface area is 144 Å². The molecule has 2 aliphatic rings. The molecule has 3 rings (SSSR count). The fourth-order valence-corrected chi connectivity index (χ4v) is 3.13. The number of hydrogen-bond donors (Lipinski definition) is 2. The van der Waals surface area contributed by atoms with E-state index in [1.54, 1.807) is 23.1 Å². The van der Waals surface area contributed by atoms with Crippen LogP contribution >= 0.6 is 11.6 Å². The molecule has 7 nitrogen and oxygen atoms in total. The number of urea groups is 1. The van der Waals surface area contributed by atoms with Crippen molar-refractivity contribution in [1.82, 2.24) is 15.5 Å². The lowest BCUT2D eigenvalue weighted by Crippen LogP contribution is -2.47. The third-order valence-electron chi connectivity index (χ3n) is 4.12. The number of benzene rings is 1. The van der Waals surface area contributed by atoms with Gasteiger partial charge in [-0.1, -0.05) is 17.7 Å². The van der Waals surface area contributed by atoms with Gasteiger partial charge in [-0.2, -0.15) is 0 Å². The van der Waals surface area contributed by atoms with E-state index >= 15 is 0 Å². The quantitative estimate of drug-likeness (QED) is 0.834. The Morgan fingerprint density at radius 2 is 2.17 bits per heavy atom. The zero-order valence-electron chi connectivity index (χ0n) is 13.1. The summed E-state index contributed by atoms with van der Waals surface area (Å²) in [5.74, 6) is -0.220. The first kappa shape index (κ1) is 16.6. The summed E-state index contributed by atoms with van der Waals surface area (Å²) >= 11 is 5.97. The summed E-state index contributed by atoms with van der Waals surface area (Å²) in [5, 5.41) is 6.14. The minimum absolute atomic E-state index is 0.0461. The normalized spacial score (nSPS) is 21.5. The second-order valence-electron chi connectivity index (χ2n) is 5.96. The van der Waals surface area contributed by atoms with Gasteiger partial charge in [0.25, 0.3) is 0 Å². The zero-order chi connectivity index (χ0) is 17.1. The minimum atomic E-state index is -0.308. The van der Waals surface area contributed by atoms with Gasteiger partial charge in [0, 0.05) is 36.8 Å². The van der Waals surface area contributed by atoms with Gasteiger partial charge in [0.2, 0.25) is 11.8 Å². The maximum atomic E-state index is 12.3. The molecule has 0 unspecified atom stereocenters. The Morgan fingerprint density at radius 1 is 1.33 bits per heavy atom. The van der Waals surface area contributed by atoms with Gasteiger partial charge in [0.15, 0.2) is 0 Å². The van der Waals surface area contributed by atoms with E-state index in [1.807, 2.05) is 6.07 Å². The van der Waals surface area contributed by atoms with Crippen LogP contribution in [-0.4, -0.2) is 55.0 Å². The van der Waals surface area contributed by atoms with E-state index in [4.69, 9.17) is 11.6 Å². The van der Waals surface area contributed by atoms with Crippen molar-refractivity contribution in [2.45, 2.75) is 18.9 Å². The number of rotatable bonds is 2. The number of carbonyl (C=O) groups excluding carboxylic acids is 3. The van der Waals surface area contributed by atoms with Gasteiger partial charge in [0.05, 0.1) is 6.04 Å². The van der Waals surface area contributed by atoms with E-state index in [0.29, 0.717) is 24.7 Å². The molecule has 2 fully saturated rings. The number of anilines is 1. The molecule has 1 aromatic carbocycles. The molecule has 1 atom stereocenters. The second kappa shape index (κ2) is 7.09. The molecule has 4 amide bonds. The maximum absolute atomic E-state index is 12.3. The van der Waals surface area contributed by atoms with Gasteiger partial charge in [0.1, 0.15) is 6.54 Å². The highest BCUT2D eigenvalue weighted by Crippen LogP contribution is 2.24. The molecule has 8 heteroatoms. The number of nitrogens with zero attached hydrogens (tertiary/aromatic N) is 2. The molecule has 0 radical (unpaired) electrons. The molecule has 2 heterocycles. The van der Waals surface area contributed by atoms with Crippen LogP contribution in [0.2, 0.25) is 5.02 Å². The minimum Gasteiger partial charge on any atom is -0.354 e. The van der Waals surface area contributed by atoms with E-state index < -0.39 is 0 Å². The summed E-state index contributed by atoms with van der Waals surface area (Å²) in [6.45, 7) is 1.53. The Kier molecular flexibility index (Phi) is 4.89. The van der Waals surface area contributed by atoms with Crippen molar-refractivity contribution in [2.75, 3.05) is 31.1 Å². The molecule has 0 spiro atoms. The van der Waals surface area contributed by atoms with Crippen molar-refractivity contribution in [3.8, 4) is 0 Å². The summed E-state index contributed by atoms with van der Waals surface area (Å²) in [7, 11) is 0. The molecule has 2 aliphatic heterocycles. The van der Waals surface area contributed by atoms with E-state index in [9.17, 15) is 14.4 Å². The molecular weight excluding hydrogens is 332 g/mol. The highest BCUT2D eigenvalue weighted by molar-refractivity contribution is 6.30. The topological polar surface area (TPSA) is 81.8 Å². The Bertz CT molecular complexity index is 666. The van der Waals surface area contributed by atoms with Crippen molar-refractivity contribution >= 4 is 35.1 Å². The predicted octanol–water partition coefficient (Wildman–Crippen LogP) is 0.977. The molecule has 0 bridgehead atoms. The van der Waals surface area contributed by atoms with Crippen LogP contribution < -0.4 is 15.5 Å². The predicted molar refractivity (Wildman–Crippen MR) is 89.9 cm³/mol. The number of hydrogen-bond acceptors (Lipinski definition) is 3. The van der Waals surface area contributed by atoms with E-state index in [2.05, 4.69) is 10.6 Å². The summed E-state index contributed by atoms with van der Waals surface area (Å²) in [5.41, 5.74) is 0.721. The van der Waals surface area contributed by atoms with Gasteiger partial charge < -0.3 is 20.4 Å². The van der Waals surface area contributed by atoms with Crippen LogP contribution in [0.5, 0.6) is 0 Å². The SMILES string of the molecule is O=C1CN(C(=O)N[C@@H]2CC(=O)N(c3cccc(Cl)c3)C2)CCCN1. The first-order valence-electron chi connectivity index (χ1n) is 7.91. The lowest BCUT2D eigenvalue weighted by molar-refractivity contribution is -0.121. The van der Waals surface area contributed by atoms with Crippen LogP contribution in [-0.2, 0) is 9.59 Å². The van der Waals surface area contributed by atoms with Crippen molar-refractivity contribution in [3.05, 3.63) is 29.3 Å². The van der Waals surface area contributed by atoms with Crippen molar-refractivity contribution in [2.24, 2.45) is 0 Å². The lowest BCUT2D eigenvalue weighted by atomic mass is 10.2. The first-order chi connectivity index (χ1) is 11.5. The number of carbonyl (C=O) groups is 3. The number of amides is 4. The maximum Gasteiger partial charge on any atom is 0.318 e. The largest absolute Gasteiger partial charge is 0.354 e. The van der Waals surface area contributed by atoms with E-state index in [0.717, 1.165) is 12.1 Å². The van der Waals surface area contributed by atoms with E-state index in [-0.39, 0.29) is 36.9 Å². The number of halogens is 1. The molecule has 1 aromatic rings. The lowest BCUT2D eigenvalue weighted by Gasteiger charge is -2.22. The average molecular weight is 351 g/mol. The van der Waals surface area contributed by atoms with Gasteiger partial charge in [-0.3, -0.25) is 9.59 Å². The third kappa shape index (κ3) is 3.79. The molecule has 0 aromatic heterocycles. The average Bonchev–Trinajstić information content (AvgIpc) is 2.76. The Morgan fingerprint density at radius 3 is 2.96 bits per heavy atom. The summed E-state index contributed by atoms with van der Waals surface area (Å²) in [6.07, 6.45) is 0.954. The third-order valence-corrected chi connectivity index (χ3v) is 4.36. The Hall–Kier alpha value is -2.28.